The van der Waals surface area contributed by atoms with Crippen LogP contribution in [0.2, 0.25) is 0 Å². The molecule has 3 aromatic carbocycles. The van der Waals surface area contributed by atoms with E-state index in [1.807, 2.05) is 0 Å². The van der Waals surface area contributed by atoms with Crippen LogP contribution in [0.25, 0.3) is 22.3 Å². The van der Waals surface area contributed by atoms with Crippen LogP contribution < -0.4 is 0 Å². The summed E-state index contributed by atoms with van der Waals surface area (Å²) < 4.78 is 10.8. The van der Waals surface area contributed by atoms with Crippen LogP contribution in [0.4, 0.5) is 0 Å². The summed E-state index contributed by atoms with van der Waals surface area (Å²) in [7, 11) is 0. The summed E-state index contributed by atoms with van der Waals surface area (Å²) in [6.45, 7) is 15.6. The van der Waals surface area contributed by atoms with Crippen molar-refractivity contribution in [2.24, 2.45) is 11.8 Å². The molecule has 1 atom stereocenters. The number of ether oxygens (including phenoxy) is 2. The number of carbonyl (C=O) groups is 2. The molecule has 0 aliphatic heterocycles. The van der Waals surface area contributed by atoms with Gasteiger partial charge < -0.3 is 14.6 Å². The Hall–Kier alpha value is -3.70. The van der Waals surface area contributed by atoms with Gasteiger partial charge in [0.25, 0.3) is 0 Å². The van der Waals surface area contributed by atoms with E-state index >= 15 is 0 Å². The summed E-state index contributed by atoms with van der Waals surface area (Å²) in [4.78, 5) is 24.2. The molecule has 0 bridgehead atoms. The summed E-state index contributed by atoms with van der Waals surface area (Å²) in [5.74, 6) is -1.41. The second-order valence-corrected chi connectivity index (χ2v) is 12.2. The van der Waals surface area contributed by atoms with E-state index in [1.165, 1.54) is 52.6 Å². The number of aliphatic hydroxyl groups is 1. The molecule has 0 spiro atoms. The first-order valence-electron chi connectivity index (χ1n) is 16.0. The quantitative estimate of drug-likeness (QED) is 0.102. The molecule has 0 aromatic heterocycles. The van der Waals surface area contributed by atoms with Crippen LogP contribution in [0.15, 0.2) is 66.7 Å². The van der Waals surface area contributed by atoms with Gasteiger partial charge in [-0.1, -0.05) is 102 Å². The number of rotatable bonds is 16. The lowest BCUT2D eigenvalue weighted by Gasteiger charge is -2.19. The molecule has 0 heterocycles. The second-order valence-electron chi connectivity index (χ2n) is 12.2. The molecule has 0 fully saturated rings. The number of carbonyl (C=O) groups excluding carboxylic acids is 2. The van der Waals surface area contributed by atoms with Gasteiger partial charge in [-0.3, -0.25) is 4.79 Å². The highest BCUT2D eigenvalue weighted by molar-refractivity contribution is 5.87. The van der Waals surface area contributed by atoms with Crippen molar-refractivity contribution in [3.05, 3.63) is 94.6 Å². The molecular formula is C39H50O5. The number of hydrogen-bond donors (Lipinski definition) is 1. The normalized spacial score (nSPS) is 11.8. The van der Waals surface area contributed by atoms with Crippen LogP contribution in [-0.4, -0.2) is 36.9 Å². The first-order valence-corrected chi connectivity index (χ1v) is 16.0. The third-order valence-electron chi connectivity index (χ3n) is 8.16. The summed E-state index contributed by atoms with van der Waals surface area (Å²) >= 11 is 0. The zero-order chi connectivity index (χ0) is 32.2. The standard InChI is InChI=1S/C39H50O5/c1-8-10-11-12-33-14-15-35(22-32(33)9-2)37-18-16-34(20-28(37)6)36-17-13-30(19-27(36)5)21-31(24-43-38(41)26(3)4)25-44-39(42)29(7)23-40/h13-20,22,26,31,40H,7-12,21,23-25H2,1-6H3. The fraction of sp³-hybridized carbons (Fsp3) is 0.436. The number of benzene rings is 3. The Kier molecular flexibility index (Phi) is 13.4. The van der Waals surface area contributed by atoms with Crippen molar-refractivity contribution in [1.82, 2.24) is 0 Å². The molecule has 44 heavy (non-hydrogen) atoms. The molecule has 5 nitrogen and oxygen atoms in total. The Bertz CT molecular complexity index is 1430. The van der Waals surface area contributed by atoms with Gasteiger partial charge >= 0.3 is 11.9 Å². The first kappa shape index (κ1) is 34.8. The van der Waals surface area contributed by atoms with Crippen LogP contribution in [-0.2, 0) is 38.3 Å². The summed E-state index contributed by atoms with van der Waals surface area (Å²) in [5, 5.41) is 9.18. The Morgan fingerprint density at radius 3 is 2.07 bits per heavy atom. The van der Waals surface area contributed by atoms with Crippen molar-refractivity contribution in [3.63, 3.8) is 0 Å². The monoisotopic (exact) mass is 598 g/mol. The maximum Gasteiger partial charge on any atom is 0.335 e. The van der Waals surface area contributed by atoms with E-state index < -0.39 is 12.6 Å². The molecule has 0 amide bonds. The molecular weight excluding hydrogens is 548 g/mol. The molecule has 0 aliphatic carbocycles. The van der Waals surface area contributed by atoms with E-state index in [1.54, 1.807) is 13.8 Å². The molecule has 1 unspecified atom stereocenters. The van der Waals surface area contributed by atoms with Gasteiger partial charge in [-0.25, -0.2) is 4.79 Å². The maximum absolute atomic E-state index is 12.1. The molecule has 5 heteroatoms. The molecule has 0 radical (unpaired) electrons. The van der Waals surface area contributed by atoms with Gasteiger partial charge in [0, 0.05) is 5.92 Å². The molecule has 0 saturated carbocycles. The highest BCUT2D eigenvalue weighted by atomic mass is 16.5. The third-order valence-corrected chi connectivity index (χ3v) is 8.16. The van der Waals surface area contributed by atoms with E-state index in [0.717, 1.165) is 29.5 Å². The van der Waals surface area contributed by atoms with Crippen LogP contribution in [0.3, 0.4) is 0 Å². The largest absolute Gasteiger partial charge is 0.465 e. The van der Waals surface area contributed by atoms with Gasteiger partial charge in [0.05, 0.1) is 31.3 Å². The molecule has 0 aliphatic rings. The highest BCUT2D eigenvalue weighted by Crippen LogP contribution is 2.32. The lowest BCUT2D eigenvalue weighted by molar-refractivity contribution is -0.150. The fourth-order valence-corrected chi connectivity index (χ4v) is 5.49. The average Bonchev–Trinajstić information content (AvgIpc) is 3.01. The van der Waals surface area contributed by atoms with Gasteiger partial charge in [-0.15, -0.1) is 0 Å². The molecule has 3 aromatic rings. The lowest BCUT2D eigenvalue weighted by Crippen LogP contribution is -2.25. The van der Waals surface area contributed by atoms with E-state index in [2.05, 4.69) is 88.9 Å². The minimum atomic E-state index is -0.646. The number of esters is 2. The van der Waals surface area contributed by atoms with Crippen LogP contribution >= 0.6 is 0 Å². The molecule has 1 N–H and O–H groups in total. The minimum Gasteiger partial charge on any atom is -0.465 e. The van der Waals surface area contributed by atoms with Crippen molar-refractivity contribution in [2.45, 2.75) is 80.1 Å². The number of hydrogen-bond acceptors (Lipinski definition) is 5. The summed E-state index contributed by atoms with van der Waals surface area (Å²) in [6, 6.07) is 20.0. The van der Waals surface area contributed by atoms with Crippen molar-refractivity contribution in [2.75, 3.05) is 19.8 Å². The Morgan fingerprint density at radius 2 is 1.45 bits per heavy atom. The van der Waals surface area contributed by atoms with E-state index in [4.69, 9.17) is 9.47 Å². The van der Waals surface area contributed by atoms with Crippen LogP contribution in [0.5, 0.6) is 0 Å². The van der Waals surface area contributed by atoms with Crippen molar-refractivity contribution in [1.29, 1.82) is 0 Å². The Labute approximate surface area is 264 Å². The average molecular weight is 599 g/mol. The summed E-state index contributed by atoms with van der Waals surface area (Å²) in [5.41, 5.74) is 11.2. The Balaban J connectivity index is 1.78. The predicted octanol–water partition coefficient (Wildman–Crippen LogP) is 8.38. The Morgan fingerprint density at radius 1 is 0.818 bits per heavy atom. The predicted molar refractivity (Wildman–Crippen MR) is 180 cm³/mol. The number of unbranched alkanes of at least 4 members (excludes halogenated alkanes) is 2. The highest BCUT2D eigenvalue weighted by Gasteiger charge is 2.19. The smallest absolute Gasteiger partial charge is 0.335 e. The first-order chi connectivity index (χ1) is 21.1. The SMILES string of the molecule is C=C(CO)C(=O)OCC(COC(=O)C(C)C)Cc1ccc(-c2ccc(-c3ccc(CCCCC)c(CC)c3)c(C)c2)c(C)c1. The lowest BCUT2D eigenvalue weighted by atomic mass is 9.90. The molecule has 236 valence electrons. The number of aryl methyl sites for hydroxylation is 4. The topological polar surface area (TPSA) is 72.8 Å². The zero-order valence-corrected chi connectivity index (χ0v) is 27.5. The van der Waals surface area contributed by atoms with Crippen LogP contribution in [0, 0.1) is 25.7 Å². The van der Waals surface area contributed by atoms with E-state index in [0.29, 0.717) is 6.42 Å². The third kappa shape index (κ3) is 9.65. The zero-order valence-electron chi connectivity index (χ0n) is 27.5. The van der Waals surface area contributed by atoms with E-state index in [-0.39, 0.29) is 36.6 Å². The summed E-state index contributed by atoms with van der Waals surface area (Å²) in [6.07, 6.45) is 6.52. The van der Waals surface area contributed by atoms with Gasteiger partial charge in [0.15, 0.2) is 0 Å². The number of aliphatic hydroxyl groups excluding tert-OH is 1. The minimum absolute atomic E-state index is 0.00494. The van der Waals surface area contributed by atoms with Crippen LogP contribution in [0.1, 0.15) is 74.8 Å². The molecule has 3 rings (SSSR count). The van der Waals surface area contributed by atoms with Crippen molar-refractivity contribution in [3.8, 4) is 22.3 Å². The van der Waals surface area contributed by atoms with Gasteiger partial charge in [-0.05, 0) is 89.6 Å². The second kappa shape index (κ2) is 17.0. The van der Waals surface area contributed by atoms with Crippen molar-refractivity contribution >= 4 is 11.9 Å². The van der Waals surface area contributed by atoms with Gasteiger partial charge in [-0.2, -0.15) is 0 Å². The fourth-order valence-electron chi connectivity index (χ4n) is 5.49. The van der Waals surface area contributed by atoms with Gasteiger partial charge in [0.2, 0.25) is 0 Å². The van der Waals surface area contributed by atoms with Gasteiger partial charge in [0.1, 0.15) is 0 Å². The van der Waals surface area contributed by atoms with E-state index in [9.17, 15) is 14.7 Å². The maximum atomic E-state index is 12.1. The molecule has 0 saturated heterocycles. The van der Waals surface area contributed by atoms with Crippen molar-refractivity contribution < 1.29 is 24.2 Å².